The van der Waals surface area contributed by atoms with Crippen LogP contribution in [0.15, 0.2) is 0 Å². The van der Waals surface area contributed by atoms with Crippen molar-refractivity contribution in [2.45, 2.75) is 101 Å². The SMILES string of the molecule is COC(=O)CC1CCC2O[C@@H](CCO)C(C)C(OC3(O)CCCCC3)[C@H]2O1. The van der Waals surface area contributed by atoms with Crippen molar-refractivity contribution in [3.63, 3.8) is 0 Å². The molecule has 0 aromatic heterocycles. The molecule has 156 valence electrons. The lowest BCUT2D eigenvalue weighted by atomic mass is 9.82. The molecule has 7 heteroatoms. The van der Waals surface area contributed by atoms with Crippen LogP contribution in [0.3, 0.4) is 0 Å². The molecule has 0 radical (unpaired) electrons. The average molecular weight is 386 g/mol. The van der Waals surface area contributed by atoms with Crippen LogP contribution < -0.4 is 0 Å². The van der Waals surface area contributed by atoms with Gasteiger partial charge in [-0.2, -0.15) is 0 Å². The maximum atomic E-state index is 11.7. The summed E-state index contributed by atoms with van der Waals surface area (Å²) in [5.41, 5.74) is 0. The molecule has 3 fully saturated rings. The first-order valence-electron chi connectivity index (χ1n) is 10.3. The van der Waals surface area contributed by atoms with Crippen molar-refractivity contribution in [2.24, 2.45) is 5.92 Å². The minimum Gasteiger partial charge on any atom is -0.469 e. The highest BCUT2D eigenvalue weighted by molar-refractivity contribution is 5.69. The van der Waals surface area contributed by atoms with Gasteiger partial charge in [0, 0.05) is 25.4 Å². The summed E-state index contributed by atoms with van der Waals surface area (Å²) in [5.74, 6) is -1.44. The van der Waals surface area contributed by atoms with E-state index in [-0.39, 0.29) is 55.4 Å². The molecule has 0 bridgehead atoms. The van der Waals surface area contributed by atoms with Gasteiger partial charge in [0.25, 0.3) is 0 Å². The third-order valence-corrected chi connectivity index (χ3v) is 6.29. The van der Waals surface area contributed by atoms with Gasteiger partial charge in [-0.1, -0.05) is 13.3 Å². The van der Waals surface area contributed by atoms with Crippen molar-refractivity contribution < 1.29 is 34.0 Å². The first kappa shape index (κ1) is 21.0. The van der Waals surface area contributed by atoms with E-state index < -0.39 is 5.79 Å². The van der Waals surface area contributed by atoms with Crippen LogP contribution in [0.25, 0.3) is 0 Å². The number of fused-ring (bicyclic) bond motifs is 1. The van der Waals surface area contributed by atoms with E-state index in [0.717, 1.165) is 25.7 Å². The number of aliphatic hydroxyl groups is 2. The summed E-state index contributed by atoms with van der Waals surface area (Å²) in [6.07, 6.45) is 5.34. The van der Waals surface area contributed by atoms with Crippen LogP contribution in [0.1, 0.15) is 64.7 Å². The minimum absolute atomic E-state index is 0.0266. The molecule has 0 amide bonds. The maximum absolute atomic E-state index is 11.7. The Hall–Kier alpha value is -0.730. The van der Waals surface area contributed by atoms with Crippen molar-refractivity contribution >= 4 is 5.97 Å². The number of carbonyl (C=O) groups excluding carboxylic acids is 1. The van der Waals surface area contributed by atoms with Gasteiger partial charge in [0.1, 0.15) is 6.10 Å². The maximum Gasteiger partial charge on any atom is 0.308 e. The monoisotopic (exact) mass is 386 g/mol. The number of aliphatic hydroxyl groups excluding tert-OH is 1. The molecule has 3 aliphatic rings. The molecule has 2 N–H and O–H groups in total. The quantitative estimate of drug-likeness (QED) is 0.532. The lowest BCUT2D eigenvalue weighted by Crippen LogP contribution is -2.60. The van der Waals surface area contributed by atoms with Crippen LogP contribution in [0, 0.1) is 5.92 Å². The molecule has 4 unspecified atom stereocenters. The van der Waals surface area contributed by atoms with Gasteiger partial charge in [-0.05, 0) is 32.1 Å². The number of hydrogen-bond acceptors (Lipinski definition) is 7. The van der Waals surface area contributed by atoms with Crippen LogP contribution in [0.4, 0.5) is 0 Å². The number of hydrogen-bond donors (Lipinski definition) is 2. The van der Waals surface area contributed by atoms with Gasteiger partial charge < -0.3 is 29.2 Å². The van der Waals surface area contributed by atoms with Gasteiger partial charge in [0.2, 0.25) is 0 Å². The lowest BCUT2D eigenvalue weighted by molar-refractivity contribution is -0.322. The van der Waals surface area contributed by atoms with Crippen molar-refractivity contribution in [1.29, 1.82) is 0 Å². The molecule has 6 atom stereocenters. The Bertz CT molecular complexity index is 491. The second kappa shape index (κ2) is 9.18. The van der Waals surface area contributed by atoms with Crippen molar-refractivity contribution in [1.82, 2.24) is 0 Å². The number of methoxy groups -OCH3 is 1. The van der Waals surface area contributed by atoms with E-state index in [1.165, 1.54) is 7.11 Å². The van der Waals surface area contributed by atoms with Gasteiger partial charge in [-0.15, -0.1) is 0 Å². The zero-order valence-electron chi connectivity index (χ0n) is 16.5. The molecule has 2 aliphatic heterocycles. The van der Waals surface area contributed by atoms with Crippen LogP contribution in [0.5, 0.6) is 0 Å². The van der Waals surface area contributed by atoms with E-state index in [9.17, 15) is 15.0 Å². The van der Waals surface area contributed by atoms with Gasteiger partial charge in [0.15, 0.2) is 5.79 Å². The summed E-state index contributed by atoms with van der Waals surface area (Å²) in [6, 6.07) is 0. The summed E-state index contributed by atoms with van der Waals surface area (Å²) in [7, 11) is 1.38. The topological polar surface area (TPSA) is 94.5 Å². The normalized spacial score (nSPS) is 38.8. The Morgan fingerprint density at radius 3 is 2.59 bits per heavy atom. The molecule has 0 aromatic rings. The highest BCUT2D eigenvalue weighted by Crippen LogP contribution is 2.41. The summed E-state index contributed by atoms with van der Waals surface area (Å²) >= 11 is 0. The number of rotatable bonds is 6. The number of esters is 1. The number of carbonyl (C=O) groups is 1. The van der Waals surface area contributed by atoms with E-state index >= 15 is 0 Å². The van der Waals surface area contributed by atoms with Gasteiger partial charge in [0.05, 0.1) is 37.9 Å². The molecule has 1 aliphatic carbocycles. The molecular weight excluding hydrogens is 352 g/mol. The third-order valence-electron chi connectivity index (χ3n) is 6.29. The van der Waals surface area contributed by atoms with Gasteiger partial charge >= 0.3 is 5.97 Å². The Morgan fingerprint density at radius 1 is 1.19 bits per heavy atom. The van der Waals surface area contributed by atoms with Crippen molar-refractivity contribution in [3.8, 4) is 0 Å². The second-order valence-corrected chi connectivity index (χ2v) is 8.25. The van der Waals surface area contributed by atoms with Crippen LogP contribution >= 0.6 is 0 Å². The van der Waals surface area contributed by atoms with E-state index in [0.29, 0.717) is 25.7 Å². The van der Waals surface area contributed by atoms with E-state index in [1.54, 1.807) is 0 Å². The highest BCUT2D eigenvalue weighted by atomic mass is 16.7. The fourth-order valence-electron chi connectivity index (χ4n) is 4.71. The average Bonchev–Trinajstić information content (AvgIpc) is 2.66. The number of ether oxygens (including phenoxy) is 4. The first-order valence-corrected chi connectivity index (χ1v) is 10.3. The van der Waals surface area contributed by atoms with E-state index in [4.69, 9.17) is 18.9 Å². The second-order valence-electron chi connectivity index (χ2n) is 8.25. The molecule has 3 rings (SSSR count). The summed E-state index contributed by atoms with van der Waals surface area (Å²) in [6.45, 7) is 2.08. The molecule has 27 heavy (non-hydrogen) atoms. The largest absolute Gasteiger partial charge is 0.469 e. The van der Waals surface area contributed by atoms with Gasteiger partial charge in [-0.25, -0.2) is 0 Å². The van der Waals surface area contributed by atoms with Crippen LogP contribution in [0.2, 0.25) is 0 Å². The predicted octanol–water partition coefficient (Wildman–Crippen LogP) is 1.92. The Balaban J connectivity index is 1.75. The molecule has 0 aromatic carbocycles. The van der Waals surface area contributed by atoms with E-state index in [1.807, 2.05) is 6.92 Å². The molecule has 0 spiro atoms. The van der Waals surface area contributed by atoms with Crippen molar-refractivity contribution in [2.75, 3.05) is 13.7 Å². The summed E-state index contributed by atoms with van der Waals surface area (Å²) in [4.78, 5) is 11.7. The summed E-state index contributed by atoms with van der Waals surface area (Å²) < 4.78 is 23.5. The zero-order chi connectivity index (χ0) is 19.4. The Labute approximate surface area is 161 Å². The van der Waals surface area contributed by atoms with Crippen molar-refractivity contribution in [3.05, 3.63) is 0 Å². The molecule has 1 saturated carbocycles. The molecule has 2 saturated heterocycles. The van der Waals surface area contributed by atoms with Gasteiger partial charge in [-0.3, -0.25) is 4.79 Å². The summed E-state index contributed by atoms with van der Waals surface area (Å²) in [5, 5.41) is 20.4. The fraction of sp³-hybridized carbons (Fsp3) is 0.950. The molecular formula is C20H34O7. The Morgan fingerprint density at radius 2 is 1.93 bits per heavy atom. The zero-order valence-corrected chi connectivity index (χ0v) is 16.5. The van der Waals surface area contributed by atoms with Crippen LogP contribution in [-0.4, -0.2) is 66.2 Å². The first-order chi connectivity index (χ1) is 13.0. The Kier molecular flexibility index (Phi) is 7.14. The van der Waals surface area contributed by atoms with E-state index in [2.05, 4.69) is 0 Å². The highest BCUT2D eigenvalue weighted by Gasteiger charge is 2.50. The minimum atomic E-state index is -1.12. The standard InChI is InChI=1S/C20H34O7/c1-13-15(8-11-21)26-16-7-6-14(12-17(22)24-2)25-19(16)18(13)27-20(23)9-4-3-5-10-20/h13-16,18-19,21,23H,3-12H2,1-2H3/t13?,14?,15-,16?,18?,19-/m0/s1. The lowest BCUT2D eigenvalue weighted by Gasteiger charge is -2.51. The fourth-order valence-corrected chi connectivity index (χ4v) is 4.71. The molecule has 2 heterocycles. The molecule has 7 nitrogen and oxygen atoms in total. The van der Waals surface area contributed by atoms with Crippen LogP contribution in [-0.2, 0) is 23.7 Å². The third kappa shape index (κ3) is 5.01. The smallest absolute Gasteiger partial charge is 0.308 e. The predicted molar refractivity (Wildman–Crippen MR) is 97.0 cm³/mol.